The molecule has 0 atom stereocenters. The molecule has 3 aliphatic rings. The van der Waals surface area contributed by atoms with Gasteiger partial charge in [0.25, 0.3) is 11.9 Å². The van der Waals surface area contributed by atoms with Crippen molar-refractivity contribution in [1.82, 2.24) is 19.4 Å². The number of aromatic carboxylic acids is 1. The summed E-state index contributed by atoms with van der Waals surface area (Å²) in [6, 6.07) is 12.1. The van der Waals surface area contributed by atoms with Gasteiger partial charge in [0.05, 0.1) is 44.9 Å². The molecule has 294 valence electrons. The van der Waals surface area contributed by atoms with Gasteiger partial charge in [-0.05, 0) is 60.9 Å². The minimum Gasteiger partial charge on any atom is -0.493 e. The van der Waals surface area contributed by atoms with Crippen LogP contribution in [0.25, 0.3) is 10.9 Å². The number of halogens is 2. The van der Waals surface area contributed by atoms with Crippen LogP contribution in [0.2, 0.25) is 0 Å². The van der Waals surface area contributed by atoms with Crippen LogP contribution in [0.3, 0.4) is 0 Å². The number of benzene rings is 3. The van der Waals surface area contributed by atoms with Crippen molar-refractivity contribution in [3.05, 3.63) is 97.6 Å². The van der Waals surface area contributed by atoms with Gasteiger partial charge in [0.1, 0.15) is 22.9 Å². The second-order valence-corrected chi connectivity index (χ2v) is 14.9. The van der Waals surface area contributed by atoms with Gasteiger partial charge in [0, 0.05) is 72.0 Å². The van der Waals surface area contributed by atoms with Crippen molar-refractivity contribution in [2.45, 2.75) is 25.3 Å². The Balaban J connectivity index is 0.996. The number of carbonyl (C=O) groups is 2. The lowest BCUT2D eigenvalue weighted by Gasteiger charge is -2.38. The number of ether oxygens (including phenoxy) is 3. The van der Waals surface area contributed by atoms with Gasteiger partial charge in [-0.2, -0.15) is 4.98 Å². The minimum absolute atomic E-state index is 0.0367. The Kier molecular flexibility index (Phi) is 10.0. The quantitative estimate of drug-likeness (QED) is 0.179. The van der Waals surface area contributed by atoms with Gasteiger partial charge < -0.3 is 34.5 Å². The highest BCUT2D eigenvalue weighted by molar-refractivity contribution is 9.10. The van der Waals surface area contributed by atoms with Crippen LogP contribution in [-0.4, -0.2) is 96.3 Å². The highest BCUT2D eigenvalue weighted by atomic mass is 79.9. The number of aliphatic imine (C=N–C) groups is 1. The first-order chi connectivity index (χ1) is 27.5. The van der Waals surface area contributed by atoms with Gasteiger partial charge in [-0.3, -0.25) is 19.4 Å². The number of fused-ring (bicyclic) bond motifs is 2. The smallest absolute Gasteiger partial charge is 0.341 e. The number of pyridine rings is 1. The average Bonchev–Trinajstić information content (AvgIpc) is 4.02. The fraction of sp³-hybridized carbons (Fsp3) is 0.300. The number of hydrogen-bond acceptors (Lipinski definition) is 12. The molecule has 3 aromatic carbocycles. The number of hydrogen-bond donors (Lipinski definition) is 2. The van der Waals surface area contributed by atoms with Gasteiger partial charge in [-0.25, -0.2) is 19.2 Å². The lowest BCUT2D eigenvalue weighted by atomic mass is 10.1. The Morgan fingerprint density at radius 3 is 2.35 bits per heavy atom. The third-order valence-corrected chi connectivity index (χ3v) is 11.0. The zero-order valence-electron chi connectivity index (χ0n) is 31.3. The Hall–Kier alpha value is -6.07. The third kappa shape index (κ3) is 7.12. The van der Waals surface area contributed by atoms with Crippen molar-refractivity contribution >= 4 is 67.6 Å². The fourth-order valence-corrected chi connectivity index (χ4v) is 7.79. The molecule has 2 aromatic heterocycles. The number of carboxylic acid groups (broad SMARTS) is 1. The van der Waals surface area contributed by atoms with E-state index in [1.807, 2.05) is 35.2 Å². The van der Waals surface area contributed by atoms with E-state index in [9.17, 15) is 19.5 Å². The molecule has 8 rings (SSSR count). The topological polar surface area (TPSA) is 178 Å². The van der Waals surface area contributed by atoms with Crippen LogP contribution in [-0.2, 0) is 11.2 Å². The Bertz CT molecular complexity index is 2530. The second kappa shape index (κ2) is 15.1. The highest BCUT2D eigenvalue weighted by Crippen LogP contribution is 2.40. The number of rotatable bonds is 11. The third-order valence-electron chi connectivity index (χ3n) is 10.5. The van der Waals surface area contributed by atoms with Gasteiger partial charge in [0.15, 0.2) is 11.5 Å². The standard InChI is InChI=1S/C40H38BrFN8O7/c1-55-32-13-21(14-33(56-2)36(32)57-3)12-22-18-44-40(46-37(22)43)45-34-25-15-23(41)4-7-29(25)50(38(34)52)20-47-8-10-48(11-9-47)31-17-30-26(16-28(31)42)35(51)27(39(53)54)19-49(30)24-5-6-24/h4,7,13-19,24H,5-6,8-12,20H2,1-3H3,(H,53,54)(H2,43,44,46)/b45-34-. The Morgan fingerprint density at radius 2 is 1.72 bits per heavy atom. The fourth-order valence-electron chi connectivity index (χ4n) is 7.43. The summed E-state index contributed by atoms with van der Waals surface area (Å²) in [4.78, 5) is 58.0. The van der Waals surface area contributed by atoms with Crippen molar-refractivity contribution in [2.24, 2.45) is 4.99 Å². The van der Waals surface area contributed by atoms with Crippen LogP contribution in [0.1, 0.15) is 45.9 Å². The second-order valence-electron chi connectivity index (χ2n) is 14.0. The summed E-state index contributed by atoms with van der Waals surface area (Å²) in [6.07, 6.45) is 5.05. The molecule has 1 amide bonds. The summed E-state index contributed by atoms with van der Waals surface area (Å²) in [7, 11) is 4.62. The molecule has 5 aromatic rings. The predicted molar refractivity (Wildman–Crippen MR) is 215 cm³/mol. The van der Waals surface area contributed by atoms with E-state index in [0.29, 0.717) is 77.9 Å². The molecule has 3 N–H and O–H groups in total. The summed E-state index contributed by atoms with van der Waals surface area (Å²) in [6.45, 7) is 2.19. The zero-order chi connectivity index (χ0) is 40.1. The number of anilines is 3. The normalized spacial score (nSPS) is 16.4. The van der Waals surface area contributed by atoms with Gasteiger partial charge >= 0.3 is 5.97 Å². The van der Waals surface area contributed by atoms with Gasteiger partial charge in [-0.15, -0.1) is 0 Å². The number of amides is 1. The molecule has 15 nitrogen and oxygen atoms in total. The average molecular weight is 842 g/mol. The van der Waals surface area contributed by atoms with Gasteiger partial charge in [-0.1, -0.05) is 15.9 Å². The summed E-state index contributed by atoms with van der Waals surface area (Å²) >= 11 is 3.52. The van der Waals surface area contributed by atoms with Crippen molar-refractivity contribution in [2.75, 3.05) is 69.7 Å². The van der Waals surface area contributed by atoms with Crippen LogP contribution in [0.15, 0.2) is 69.1 Å². The maximum atomic E-state index is 15.6. The van der Waals surface area contributed by atoms with Crippen LogP contribution >= 0.6 is 15.9 Å². The van der Waals surface area contributed by atoms with Gasteiger partial charge in [0.2, 0.25) is 11.2 Å². The number of nitrogens with zero attached hydrogens (tertiary/aromatic N) is 7. The van der Waals surface area contributed by atoms with E-state index in [1.54, 1.807) is 35.9 Å². The Labute approximate surface area is 334 Å². The van der Waals surface area contributed by atoms with Crippen LogP contribution in [0, 0.1) is 5.82 Å². The lowest BCUT2D eigenvalue weighted by Crippen LogP contribution is -2.51. The Morgan fingerprint density at radius 1 is 1.00 bits per heavy atom. The zero-order valence-corrected chi connectivity index (χ0v) is 32.9. The van der Waals surface area contributed by atoms with E-state index in [2.05, 4.69) is 35.8 Å². The maximum Gasteiger partial charge on any atom is 0.341 e. The number of aromatic nitrogens is 3. The molecule has 1 saturated heterocycles. The number of methoxy groups -OCH3 is 3. The number of nitrogen functional groups attached to an aromatic ring is 1. The van der Waals surface area contributed by atoms with E-state index >= 15 is 4.39 Å². The molecular weight excluding hydrogens is 803 g/mol. The molecular formula is C40H38BrFN8O7. The van der Waals surface area contributed by atoms with Crippen molar-refractivity contribution in [3.63, 3.8) is 0 Å². The molecule has 1 saturated carbocycles. The SMILES string of the molecule is COc1cc(Cc2cnc(/N=C3\C(=O)N(CN4CCN(c5cc6c(cc5F)c(=O)c(C(=O)O)cn6C5CC5)CC4)c4ccc(Br)cc43)nc2N)cc(OC)c1OC. The number of carbonyl (C=O) groups excluding carboxylic acids is 1. The van der Waals surface area contributed by atoms with Crippen LogP contribution < -0.4 is 35.2 Å². The lowest BCUT2D eigenvalue weighted by molar-refractivity contribution is -0.112. The number of carboxylic acids is 1. The van der Waals surface area contributed by atoms with E-state index < -0.39 is 17.2 Å². The molecule has 0 unspecified atom stereocenters. The number of nitrogens with two attached hydrogens (primary N) is 1. The summed E-state index contributed by atoms with van der Waals surface area (Å²) in [5, 5.41) is 9.65. The summed E-state index contributed by atoms with van der Waals surface area (Å²) in [5.74, 6) is -0.528. The first-order valence-corrected chi connectivity index (χ1v) is 19.0. The van der Waals surface area contributed by atoms with E-state index in [1.165, 1.54) is 13.3 Å². The summed E-state index contributed by atoms with van der Waals surface area (Å²) < 4.78 is 34.6. The molecule has 17 heteroatoms. The number of piperazine rings is 1. The first kappa shape index (κ1) is 37.8. The molecule has 0 spiro atoms. The van der Waals surface area contributed by atoms with Crippen LogP contribution in [0.4, 0.5) is 27.5 Å². The van der Waals surface area contributed by atoms with Crippen molar-refractivity contribution < 1.29 is 33.3 Å². The molecule has 2 aliphatic heterocycles. The maximum absolute atomic E-state index is 15.6. The molecule has 0 bridgehead atoms. The predicted octanol–water partition coefficient (Wildman–Crippen LogP) is 5.17. The monoisotopic (exact) mass is 840 g/mol. The summed E-state index contributed by atoms with van der Waals surface area (Å²) in [5.41, 5.74) is 9.13. The minimum atomic E-state index is -1.33. The first-order valence-electron chi connectivity index (χ1n) is 18.2. The van der Waals surface area contributed by atoms with Crippen LogP contribution in [0.5, 0.6) is 17.2 Å². The van der Waals surface area contributed by atoms with Crippen molar-refractivity contribution in [3.8, 4) is 17.2 Å². The molecule has 57 heavy (non-hydrogen) atoms. The van der Waals surface area contributed by atoms with E-state index in [4.69, 9.17) is 19.9 Å². The molecule has 1 aliphatic carbocycles. The molecule has 4 heterocycles. The van der Waals surface area contributed by atoms with Crippen molar-refractivity contribution in [1.29, 1.82) is 0 Å². The highest BCUT2D eigenvalue weighted by Gasteiger charge is 2.36. The molecule has 0 radical (unpaired) electrons. The molecule has 2 fully saturated rings. The van der Waals surface area contributed by atoms with E-state index in [0.717, 1.165) is 28.9 Å². The van der Waals surface area contributed by atoms with E-state index in [-0.39, 0.29) is 47.0 Å². The largest absolute Gasteiger partial charge is 0.493 e.